The highest BCUT2D eigenvalue weighted by Crippen LogP contribution is 2.27. The summed E-state index contributed by atoms with van der Waals surface area (Å²) in [7, 11) is 0. The van der Waals surface area contributed by atoms with Gasteiger partial charge in [-0.15, -0.1) is 0 Å². The summed E-state index contributed by atoms with van der Waals surface area (Å²) in [5, 5.41) is 13.8. The van der Waals surface area contributed by atoms with Crippen LogP contribution in [-0.4, -0.2) is 17.1 Å². The van der Waals surface area contributed by atoms with Gasteiger partial charge in [0.1, 0.15) is 12.2 Å². The molecule has 0 aromatic heterocycles. The Kier molecular flexibility index (Phi) is 2.03. The van der Waals surface area contributed by atoms with E-state index in [1.54, 1.807) is 12.2 Å². The van der Waals surface area contributed by atoms with Gasteiger partial charge in [0.25, 0.3) is 5.70 Å². The second-order valence-corrected chi connectivity index (χ2v) is 4.21. The molecule has 0 saturated carbocycles. The first kappa shape index (κ1) is 9.76. The fourth-order valence-electron chi connectivity index (χ4n) is 1.54. The number of allylic oxidation sites excluding steroid dienone is 3. The van der Waals surface area contributed by atoms with Gasteiger partial charge in [-0.25, -0.2) is 0 Å². The molecule has 5 nitrogen and oxygen atoms in total. The fourth-order valence-corrected chi connectivity index (χ4v) is 1.54. The lowest BCUT2D eigenvalue weighted by Crippen LogP contribution is -2.34. The molecule has 0 aromatic rings. The van der Waals surface area contributed by atoms with Crippen LogP contribution in [0.3, 0.4) is 0 Å². The maximum Gasteiger partial charge on any atom is 0.281 e. The number of nitrogens with zero attached hydrogens (tertiary/aromatic N) is 1. The van der Waals surface area contributed by atoms with E-state index in [9.17, 15) is 10.1 Å². The van der Waals surface area contributed by atoms with Gasteiger partial charge in [-0.2, -0.15) is 0 Å². The number of hydrogen-bond acceptors (Lipinski definition) is 4. The highest BCUT2D eigenvalue weighted by atomic mass is 16.6. The molecule has 0 amide bonds. The van der Waals surface area contributed by atoms with Crippen molar-refractivity contribution in [3.05, 3.63) is 45.5 Å². The van der Waals surface area contributed by atoms with Crippen LogP contribution in [-0.2, 0) is 4.74 Å². The van der Waals surface area contributed by atoms with Crippen LogP contribution in [0.1, 0.15) is 13.8 Å². The summed E-state index contributed by atoms with van der Waals surface area (Å²) in [4.78, 5) is 10.3. The first-order valence-corrected chi connectivity index (χ1v) is 4.68. The fraction of sp³-hybridized carbons (Fsp3) is 0.400. The maximum absolute atomic E-state index is 10.7. The summed E-state index contributed by atoms with van der Waals surface area (Å²) in [6, 6.07) is 0. The predicted molar refractivity (Wildman–Crippen MR) is 54.4 cm³/mol. The van der Waals surface area contributed by atoms with Crippen LogP contribution < -0.4 is 5.32 Å². The normalized spacial score (nSPS) is 27.2. The summed E-state index contributed by atoms with van der Waals surface area (Å²) in [6.45, 7) is 4.48. The minimum atomic E-state index is -0.404. The quantitative estimate of drug-likeness (QED) is 0.521. The van der Waals surface area contributed by atoms with Crippen molar-refractivity contribution >= 4 is 0 Å². The third kappa shape index (κ3) is 1.72. The topological polar surface area (TPSA) is 64.4 Å². The smallest absolute Gasteiger partial charge is 0.281 e. The Morgan fingerprint density at radius 2 is 2.33 bits per heavy atom. The van der Waals surface area contributed by atoms with E-state index in [-0.39, 0.29) is 11.2 Å². The molecule has 0 unspecified atom stereocenters. The molecule has 1 N–H and O–H groups in total. The van der Waals surface area contributed by atoms with Gasteiger partial charge in [0.15, 0.2) is 0 Å². The van der Waals surface area contributed by atoms with E-state index in [2.05, 4.69) is 5.32 Å². The van der Waals surface area contributed by atoms with E-state index in [0.717, 1.165) is 0 Å². The Hall–Kier alpha value is -1.78. The predicted octanol–water partition coefficient (Wildman–Crippen LogP) is 1.33. The van der Waals surface area contributed by atoms with E-state index in [1.807, 2.05) is 13.8 Å². The molecule has 1 fully saturated rings. The monoisotopic (exact) mass is 208 g/mol. The molecule has 15 heavy (non-hydrogen) atoms. The highest BCUT2D eigenvalue weighted by Gasteiger charge is 2.33. The summed E-state index contributed by atoms with van der Waals surface area (Å²) in [5.74, 6) is 0.497. The average molecular weight is 208 g/mol. The molecule has 1 aliphatic heterocycles. The summed E-state index contributed by atoms with van der Waals surface area (Å²) < 4.78 is 5.40. The summed E-state index contributed by atoms with van der Waals surface area (Å²) in [5.41, 5.74) is 0.432. The van der Waals surface area contributed by atoms with Crippen molar-refractivity contribution in [3.63, 3.8) is 0 Å². The van der Waals surface area contributed by atoms with Gasteiger partial charge in [0.2, 0.25) is 5.88 Å². The molecule has 5 heteroatoms. The van der Waals surface area contributed by atoms with Crippen molar-refractivity contribution in [2.75, 3.05) is 6.61 Å². The molecule has 1 aliphatic carbocycles. The third-order valence-corrected chi connectivity index (χ3v) is 2.26. The molecule has 2 rings (SSSR count). The van der Waals surface area contributed by atoms with Gasteiger partial charge >= 0.3 is 0 Å². The molecular formula is C10H12N2O3. The number of ether oxygens (including phenoxy) is 1. The second-order valence-electron chi connectivity index (χ2n) is 4.21. The summed E-state index contributed by atoms with van der Waals surface area (Å²) >= 11 is 0. The maximum atomic E-state index is 10.7. The Balaban J connectivity index is 2.32. The lowest BCUT2D eigenvalue weighted by atomic mass is 10.1. The number of hydrogen-bond donors (Lipinski definition) is 1. The zero-order chi connectivity index (χ0) is 11.1. The van der Waals surface area contributed by atoms with Crippen molar-refractivity contribution in [1.82, 2.24) is 5.32 Å². The molecule has 0 bridgehead atoms. The van der Waals surface area contributed by atoms with Crippen LogP contribution in [0.5, 0.6) is 0 Å². The van der Waals surface area contributed by atoms with Gasteiger partial charge in [-0.1, -0.05) is 6.08 Å². The number of nitro groups is 1. The number of rotatable bonds is 1. The molecule has 1 heterocycles. The van der Waals surface area contributed by atoms with E-state index in [0.29, 0.717) is 18.1 Å². The van der Waals surface area contributed by atoms with E-state index >= 15 is 0 Å². The molecule has 0 aromatic carbocycles. The average Bonchev–Trinajstić information content (AvgIpc) is 2.69. The largest absolute Gasteiger partial charge is 0.476 e. The second kappa shape index (κ2) is 3.12. The van der Waals surface area contributed by atoms with Crippen molar-refractivity contribution in [3.8, 4) is 0 Å². The van der Waals surface area contributed by atoms with Crippen LogP contribution >= 0.6 is 0 Å². The van der Waals surface area contributed by atoms with Crippen LogP contribution in [0, 0.1) is 10.1 Å². The van der Waals surface area contributed by atoms with Gasteiger partial charge in [-0.3, -0.25) is 10.1 Å². The minimum absolute atomic E-state index is 0.0789. The number of nitrogens with one attached hydrogen (secondary N) is 1. The van der Waals surface area contributed by atoms with Gasteiger partial charge in [0, 0.05) is 6.08 Å². The first-order valence-electron chi connectivity index (χ1n) is 4.68. The van der Waals surface area contributed by atoms with Crippen molar-refractivity contribution in [1.29, 1.82) is 0 Å². The van der Waals surface area contributed by atoms with E-state index < -0.39 is 4.92 Å². The first-order chi connectivity index (χ1) is 6.99. The zero-order valence-electron chi connectivity index (χ0n) is 8.61. The van der Waals surface area contributed by atoms with Gasteiger partial charge < -0.3 is 10.1 Å². The standard InChI is InChI=1S/C10H12N2O3/c1-10(2)6-15-9(11-10)7-4-3-5-8(7)12(13)14/h3-5,11H,6H2,1-2H3/b9-7+. The van der Waals surface area contributed by atoms with Crippen LogP contribution in [0.4, 0.5) is 0 Å². The van der Waals surface area contributed by atoms with Crippen molar-refractivity contribution in [2.45, 2.75) is 19.4 Å². The molecule has 1 saturated heterocycles. The SMILES string of the molecule is CC1(C)CO/C(=C2\C=CC=C2[N+](=O)[O-])N1. The van der Waals surface area contributed by atoms with Crippen LogP contribution in [0.2, 0.25) is 0 Å². The van der Waals surface area contributed by atoms with Crippen molar-refractivity contribution in [2.24, 2.45) is 0 Å². The third-order valence-electron chi connectivity index (χ3n) is 2.26. The molecule has 0 radical (unpaired) electrons. The van der Waals surface area contributed by atoms with Gasteiger partial charge in [0.05, 0.1) is 10.5 Å². The summed E-state index contributed by atoms with van der Waals surface area (Å²) in [6.07, 6.45) is 4.80. The molecule has 0 spiro atoms. The van der Waals surface area contributed by atoms with Crippen molar-refractivity contribution < 1.29 is 9.66 Å². The molecular weight excluding hydrogens is 196 g/mol. The molecule has 0 atom stereocenters. The van der Waals surface area contributed by atoms with Crippen LogP contribution in [0.15, 0.2) is 35.4 Å². The molecule has 80 valence electrons. The molecule has 2 aliphatic rings. The van der Waals surface area contributed by atoms with E-state index in [1.165, 1.54) is 6.08 Å². The lowest BCUT2D eigenvalue weighted by molar-refractivity contribution is -0.420. The minimum Gasteiger partial charge on any atom is -0.476 e. The Labute approximate surface area is 87.3 Å². The Morgan fingerprint density at radius 3 is 2.87 bits per heavy atom. The Morgan fingerprint density at radius 1 is 1.60 bits per heavy atom. The van der Waals surface area contributed by atoms with E-state index in [4.69, 9.17) is 4.74 Å². The zero-order valence-corrected chi connectivity index (χ0v) is 8.61. The van der Waals surface area contributed by atoms with Crippen LogP contribution in [0.25, 0.3) is 0 Å². The highest BCUT2D eigenvalue weighted by molar-refractivity contribution is 5.46. The lowest BCUT2D eigenvalue weighted by Gasteiger charge is -2.13. The Bertz CT molecular complexity index is 405. The van der Waals surface area contributed by atoms with Gasteiger partial charge in [-0.05, 0) is 19.9 Å².